The van der Waals surface area contributed by atoms with Crippen molar-refractivity contribution in [1.82, 2.24) is 15.6 Å². The summed E-state index contributed by atoms with van der Waals surface area (Å²) in [4.78, 5) is 11.7. The Morgan fingerprint density at radius 2 is 2.14 bits per heavy atom. The van der Waals surface area contributed by atoms with Crippen LogP contribution in [0.4, 0.5) is 10.1 Å². The minimum absolute atomic E-state index is 0.201. The first kappa shape index (κ1) is 20.1. The molecule has 1 aromatic heterocycles. The molecule has 1 aliphatic rings. The number of phenolic OH excluding ortho intramolecular Hbond substituents is 1. The number of benzene rings is 1. The minimum atomic E-state index is 0.201. The van der Waals surface area contributed by atoms with Crippen molar-refractivity contribution >= 4 is 32.8 Å². The molecule has 0 spiro atoms. The number of piperazine rings is 1. The largest absolute Gasteiger partial charge is 0.507 e. The molecule has 0 amide bonds. The van der Waals surface area contributed by atoms with E-state index in [4.69, 9.17) is 9.98 Å². The van der Waals surface area contributed by atoms with Crippen LogP contribution in [0.2, 0.25) is 0 Å². The molecule has 0 unspecified atom stereocenters. The van der Waals surface area contributed by atoms with Gasteiger partial charge in [0.15, 0.2) is 5.13 Å². The molecule has 2 heterocycles. The number of phenols is 1. The number of nitrogens with zero attached hydrogens (tertiary/aromatic N) is 3. The number of allylic oxidation sites excluding steroid dienone is 2. The molecule has 1 saturated heterocycles. The second kappa shape index (κ2) is 9.03. The lowest BCUT2D eigenvalue weighted by Gasteiger charge is -2.26. The minimum Gasteiger partial charge on any atom is -0.507 e. The molecular weight excluding hydrogens is 370 g/mol. The molecule has 0 aliphatic carbocycles. The lowest BCUT2D eigenvalue weighted by molar-refractivity contribution is 0.474. The van der Waals surface area contributed by atoms with Gasteiger partial charge in [-0.05, 0) is 37.1 Å². The van der Waals surface area contributed by atoms with E-state index in [2.05, 4.69) is 22.1 Å². The van der Waals surface area contributed by atoms with Crippen LogP contribution >= 0.6 is 11.3 Å². The summed E-state index contributed by atoms with van der Waals surface area (Å²) in [7, 11) is 1.83. The van der Waals surface area contributed by atoms with E-state index in [-0.39, 0.29) is 5.75 Å². The maximum atomic E-state index is 10.5. The topological polar surface area (TPSA) is 72.8 Å². The van der Waals surface area contributed by atoms with Gasteiger partial charge >= 0.3 is 0 Å². The van der Waals surface area contributed by atoms with E-state index in [0.29, 0.717) is 5.56 Å². The second-order valence-corrected chi connectivity index (χ2v) is 7.60. The number of thiazole rings is 1. The van der Waals surface area contributed by atoms with E-state index in [9.17, 15) is 5.11 Å². The van der Waals surface area contributed by atoms with Crippen molar-refractivity contribution in [1.29, 1.82) is 0 Å². The van der Waals surface area contributed by atoms with Gasteiger partial charge in [-0.15, -0.1) is 0 Å². The summed E-state index contributed by atoms with van der Waals surface area (Å²) in [5.41, 5.74) is 4.21. The molecule has 0 saturated carbocycles. The van der Waals surface area contributed by atoms with Crippen LogP contribution in [0.5, 0.6) is 5.75 Å². The fourth-order valence-corrected chi connectivity index (χ4v) is 4.16. The van der Waals surface area contributed by atoms with Gasteiger partial charge in [0, 0.05) is 50.7 Å². The molecule has 148 valence electrons. The normalized spacial score (nSPS) is 15.6. The lowest BCUT2D eigenvalue weighted by atomic mass is 10.0. The molecule has 7 heteroatoms. The molecule has 2 aromatic rings. The third-order valence-corrected chi connectivity index (χ3v) is 5.77. The predicted molar refractivity (Wildman–Crippen MR) is 119 cm³/mol. The average Bonchev–Trinajstić information content (AvgIpc) is 3.07. The molecule has 6 nitrogen and oxygen atoms in total. The van der Waals surface area contributed by atoms with Crippen molar-refractivity contribution in [3.05, 3.63) is 53.9 Å². The van der Waals surface area contributed by atoms with Crippen LogP contribution in [-0.2, 0) is 0 Å². The number of nitrogens with one attached hydrogen (secondary N) is 2. The summed E-state index contributed by atoms with van der Waals surface area (Å²) >= 11 is 1.60. The van der Waals surface area contributed by atoms with Gasteiger partial charge in [-0.3, -0.25) is 0 Å². The fraction of sp³-hybridized carbons (Fsp3) is 0.333. The van der Waals surface area contributed by atoms with Gasteiger partial charge in [0.05, 0.1) is 5.69 Å². The first-order chi connectivity index (χ1) is 13.5. The number of anilines is 1. The molecule has 28 heavy (non-hydrogen) atoms. The van der Waals surface area contributed by atoms with Gasteiger partial charge < -0.3 is 20.6 Å². The number of aryl methyl sites for hydroxylation is 1. The molecular formula is C21H27N5OS. The third kappa shape index (κ3) is 4.43. The monoisotopic (exact) mass is 397 g/mol. The zero-order valence-electron chi connectivity index (χ0n) is 16.6. The van der Waals surface area contributed by atoms with E-state index in [1.807, 2.05) is 39.2 Å². The molecule has 1 aliphatic heterocycles. The Labute approximate surface area is 170 Å². The van der Waals surface area contributed by atoms with Gasteiger partial charge in [-0.1, -0.05) is 30.1 Å². The van der Waals surface area contributed by atoms with Crippen LogP contribution in [0.25, 0.3) is 5.57 Å². The van der Waals surface area contributed by atoms with Crippen LogP contribution in [0.1, 0.15) is 23.7 Å². The quantitative estimate of drug-likeness (QED) is 0.514. The Kier molecular flexibility index (Phi) is 6.49. The zero-order valence-corrected chi connectivity index (χ0v) is 17.4. The number of hydrogen-bond acceptors (Lipinski definition) is 7. The van der Waals surface area contributed by atoms with Crippen LogP contribution < -0.4 is 15.5 Å². The highest BCUT2D eigenvalue weighted by molar-refractivity contribution is 7.19. The highest BCUT2D eigenvalue weighted by Gasteiger charge is 2.17. The fourth-order valence-electron chi connectivity index (χ4n) is 3.11. The summed E-state index contributed by atoms with van der Waals surface area (Å²) in [6, 6.07) is 5.60. The molecule has 1 fully saturated rings. The Morgan fingerprint density at radius 1 is 1.39 bits per heavy atom. The zero-order chi connectivity index (χ0) is 20.1. The number of aromatic hydroxyl groups is 1. The van der Waals surface area contributed by atoms with Crippen molar-refractivity contribution in [2.75, 3.05) is 38.1 Å². The number of rotatable bonds is 6. The molecule has 0 radical (unpaired) electrons. The number of aromatic nitrogens is 1. The van der Waals surface area contributed by atoms with Crippen LogP contribution in [0.15, 0.2) is 42.0 Å². The van der Waals surface area contributed by atoms with Crippen molar-refractivity contribution in [3.63, 3.8) is 0 Å². The SMILES string of the molecule is C=C/C(=C\NC)c1ccc(/C(C)=N/c2sc(N3CCNCC3)nc2C)c(O)c1. The average molecular weight is 398 g/mol. The summed E-state index contributed by atoms with van der Waals surface area (Å²) < 4.78 is 0. The number of aliphatic imine (C=N–C) groups is 1. The van der Waals surface area contributed by atoms with E-state index in [1.54, 1.807) is 23.5 Å². The highest BCUT2D eigenvalue weighted by atomic mass is 32.1. The van der Waals surface area contributed by atoms with Gasteiger partial charge in [-0.25, -0.2) is 9.98 Å². The molecule has 0 bridgehead atoms. The molecule has 0 atom stereocenters. The third-order valence-electron chi connectivity index (χ3n) is 4.66. The van der Waals surface area contributed by atoms with Gasteiger partial charge in [0.1, 0.15) is 10.8 Å². The van der Waals surface area contributed by atoms with E-state index in [0.717, 1.165) is 58.9 Å². The first-order valence-corrected chi connectivity index (χ1v) is 10.2. The Bertz CT molecular complexity index is 910. The summed E-state index contributed by atoms with van der Waals surface area (Å²) in [6.45, 7) is 11.6. The van der Waals surface area contributed by atoms with Crippen molar-refractivity contribution in [2.45, 2.75) is 13.8 Å². The van der Waals surface area contributed by atoms with Crippen LogP contribution in [-0.4, -0.2) is 49.0 Å². The van der Waals surface area contributed by atoms with Gasteiger partial charge in [-0.2, -0.15) is 0 Å². The predicted octanol–water partition coefficient (Wildman–Crippen LogP) is 3.45. The Morgan fingerprint density at radius 3 is 2.79 bits per heavy atom. The Balaban J connectivity index is 1.86. The van der Waals surface area contributed by atoms with Gasteiger partial charge in [0.2, 0.25) is 0 Å². The van der Waals surface area contributed by atoms with Crippen molar-refractivity contribution in [2.24, 2.45) is 4.99 Å². The molecule has 1 aromatic carbocycles. The summed E-state index contributed by atoms with van der Waals surface area (Å²) in [6.07, 6.45) is 3.60. The van der Waals surface area contributed by atoms with Crippen LogP contribution in [0, 0.1) is 6.92 Å². The first-order valence-electron chi connectivity index (χ1n) is 9.35. The van der Waals surface area contributed by atoms with Gasteiger partial charge in [0.25, 0.3) is 0 Å². The van der Waals surface area contributed by atoms with E-state index >= 15 is 0 Å². The molecule has 3 N–H and O–H groups in total. The van der Waals surface area contributed by atoms with Crippen molar-refractivity contribution in [3.8, 4) is 5.75 Å². The van der Waals surface area contributed by atoms with Crippen LogP contribution in [0.3, 0.4) is 0 Å². The highest BCUT2D eigenvalue weighted by Crippen LogP contribution is 2.34. The maximum absolute atomic E-state index is 10.5. The maximum Gasteiger partial charge on any atom is 0.187 e. The Hall–Kier alpha value is -2.64. The van der Waals surface area contributed by atoms with E-state index < -0.39 is 0 Å². The number of hydrogen-bond donors (Lipinski definition) is 3. The smallest absolute Gasteiger partial charge is 0.187 e. The van der Waals surface area contributed by atoms with Crippen molar-refractivity contribution < 1.29 is 5.11 Å². The lowest BCUT2D eigenvalue weighted by Crippen LogP contribution is -2.43. The summed E-state index contributed by atoms with van der Waals surface area (Å²) in [5.74, 6) is 0.201. The van der Waals surface area contributed by atoms with E-state index in [1.165, 1.54) is 0 Å². The second-order valence-electron chi connectivity index (χ2n) is 6.65. The molecule has 3 rings (SSSR count). The summed E-state index contributed by atoms with van der Waals surface area (Å²) in [5, 5.41) is 18.8. The standard InChI is InChI=1S/C21H27N5OS/c1-5-16(13-22-4)17-6-7-18(19(27)12-17)14(2)24-20-15(3)25-21(28-20)26-10-8-23-9-11-26/h5-7,12-13,22-23,27H,1,8-11H2,2-4H3/b16-13+,24-14+.